The Morgan fingerprint density at radius 1 is 0.968 bits per heavy atom. The minimum atomic E-state index is -1.45. The Labute approximate surface area is 186 Å². The van der Waals surface area contributed by atoms with Crippen LogP contribution in [-0.2, 0) is 11.0 Å². The van der Waals surface area contributed by atoms with Crippen LogP contribution in [0.3, 0.4) is 0 Å². The maximum absolute atomic E-state index is 12.9. The number of aromatic nitrogens is 1. The predicted octanol–water partition coefficient (Wildman–Crippen LogP) is 5.02. The number of hydrogen-bond acceptors (Lipinski definition) is 3. The Morgan fingerprint density at radius 3 is 2.19 bits per heavy atom. The van der Waals surface area contributed by atoms with Crippen LogP contribution < -0.4 is 0 Å². The first kappa shape index (κ1) is 22.8. The van der Waals surface area contributed by atoms with E-state index in [2.05, 4.69) is 9.38 Å². The summed E-state index contributed by atoms with van der Waals surface area (Å²) < 4.78 is 17.1. The normalized spacial score (nSPS) is 13.3. The van der Waals surface area contributed by atoms with Gasteiger partial charge in [0.25, 0.3) is 5.91 Å². The van der Waals surface area contributed by atoms with E-state index in [0.717, 1.165) is 22.0 Å². The fourth-order valence-corrected chi connectivity index (χ4v) is 3.88. The van der Waals surface area contributed by atoms with Crippen LogP contribution in [0.25, 0.3) is 10.9 Å². The summed E-state index contributed by atoms with van der Waals surface area (Å²) in [6, 6.07) is 17.1. The van der Waals surface area contributed by atoms with Crippen molar-refractivity contribution in [2.45, 2.75) is 39.4 Å². The maximum atomic E-state index is 12.9. The molecular formula is C25H29N3O2S. The summed E-state index contributed by atoms with van der Waals surface area (Å²) in [7, 11) is -1.45. The summed E-state index contributed by atoms with van der Waals surface area (Å²) in [5, 5.41) is 0.988. The molecule has 2 aromatic carbocycles. The third kappa shape index (κ3) is 5.07. The van der Waals surface area contributed by atoms with Crippen molar-refractivity contribution in [1.29, 1.82) is 0 Å². The van der Waals surface area contributed by atoms with Crippen molar-refractivity contribution in [1.82, 2.24) is 9.88 Å². The standard InChI is InChI=1S/C25H29N3O2S/c1-6-28(7-2)24(29)20-15-13-19(14-16-20)23(27-31(30)25(3,4)5)21-12-8-10-18-11-9-17-26-22(18)21/h8-17H,6-7H2,1-5H3. The highest BCUT2D eigenvalue weighted by Gasteiger charge is 2.22. The lowest BCUT2D eigenvalue weighted by Gasteiger charge is -2.19. The van der Waals surface area contributed by atoms with Crippen molar-refractivity contribution in [3.63, 3.8) is 0 Å². The Hall–Kier alpha value is -2.86. The maximum Gasteiger partial charge on any atom is 0.253 e. The number of para-hydroxylation sites is 1. The van der Waals surface area contributed by atoms with Crippen LogP contribution in [0.4, 0.5) is 0 Å². The molecule has 3 rings (SSSR count). The number of pyridine rings is 1. The number of fused-ring (bicyclic) bond motifs is 1. The molecule has 0 saturated heterocycles. The third-order valence-corrected chi connectivity index (χ3v) is 6.44. The van der Waals surface area contributed by atoms with E-state index in [4.69, 9.17) is 0 Å². The van der Waals surface area contributed by atoms with Gasteiger partial charge < -0.3 is 4.90 Å². The molecule has 0 aliphatic rings. The topological polar surface area (TPSA) is 62.6 Å². The second-order valence-electron chi connectivity index (χ2n) is 8.24. The Bertz CT molecular complexity index is 1120. The molecule has 0 fully saturated rings. The molecule has 0 spiro atoms. The number of hydrogen-bond donors (Lipinski definition) is 0. The second kappa shape index (κ2) is 9.52. The third-order valence-electron chi connectivity index (χ3n) is 5.04. The van der Waals surface area contributed by atoms with E-state index in [0.29, 0.717) is 24.4 Å². The molecular weight excluding hydrogens is 406 g/mol. The highest BCUT2D eigenvalue weighted by atomic mass is 32.2. The summed E-state index contributed by atoms with van der Waals surface area (Å²) >= 11 is 0. The molecule has 5 nitrogen and oxygen atoms in total. The fraction of sp³-hybridized carbons (Fsp3) is 0.320. The van der Waals surface area contributed by atoms with Crippen molar-refractivity contribution in [2.75, 3.05) is 13.1 Å². The molecule has 0 aliphatic heterocycles. The van der Waals surface area contributed by atoms with E-state index in [9.17, 15) is 9.00 Å². The van der Waals surface area contributed by atoms with E-state index in [1.54, 1.807) is 11.1 Å². The Morgan fingerprint density at radius 2 is 1.58 bits per heavy atom. The number of carbonyl (C=O) groups is 1. The first-order valence-corrected chi connectivity index (χ1v) is 11.6. The number of amides is 1. The van der Waals surface area contributed by atoms with Gasteiger partial charge in [0.2, 0.25) is 0 Å². The van der Waals surface area contributed by atoms with E-state index < -0.39 is 15.7 Å². The monoisotopic (exact) mass is 435 g/mol. The highest BCUT2D eigenvalue weighted by molar-refractivity contribution is 7.85. The molecule has 0 N–H and O–H groups in total. The largest absolute Gasteiger partial charge is 0.339 e. The quantitative estimate of drug-likeness (QED) is 0.511. The molecule has 162 valence electrons. The summed E-state index contributed by atoms with van der Waals surface area (Å²) in [6.45, 7) is 11.0. The number of rotatable bonds is 6. The van der Waals surface area contributed by atoms with Crippen LogP contribution >= 0.6 is 0 Å². The lowest BCUT2D eigenvalue weighted by molar-refractivity contribution is 0.0773. The van der Waals surface area contributed by atoms with E-state index >= 15 is 0 Å². The lowest BCUT2D eigenvalue weighted by Crippen LogP contribution is -2.30. The zero-order valence-electron chi connectivity index (χ0n) is 18.8. The fourth-order valence-electron chi connectivity index (χ4n) is 3.24. The minimum Gasteiger partial charge on any atom is -0.339 e. The zero-order chi connectivity index (χ0) is 22.6. The Kier molecular flexibility index (Phi) is 7.01. The minimum absolute atomic E-state index is 0.000124. The van der Waals surface area contributed by atoms with Gasteiger partial charge in [-0.2, -0.15) is 4.40 Å². The first-order chi connectivity index (χ1) is 14.8. The van der Waals surface area contributed by atoms with Crippen LogP contribution in [0.5, 0.6) is 0 Å². The van der Waals surface area contributed by atoms with Crippen LogP contribution in [-0.4, -0.2) is 43.5 Å². The smallest absolute Gasteiger partial charge is 0.253 e. The van der Waals surface area contributed by atoms with Crippen LogP contribution in [0.1, 0.15) is 56.1 Å². The Balaban J connectivity index is 2.13. The predicted molar refractivity (Wildman–Crippen MR) is 129 cm³/mol. The summed E-state index contributed by atoms with van der Waals surface area (Å²) in [5.74, 6) is 0.000124. The van der Waals surface area contributed by atoms with Gasteiger partial charge >= 0.3 is 0 Å². The summed E-state index contributed by atoms with van der Waals surface area (Å²) in [6.07, 6.45) is 1.75. The highest BCUT2D eigenvalue weighted by Crippen LogP contribution is 2.23. The van der Waals surface area contributed by atoms with E-state index in [1.807, 2.05) is 89.2 Å². The molecule has 1 amide bonds. The van der Waals surface area contributed by atoms with Crippen LogP contribution in [0.15, 0.2) is 65.2 Å². The van der Waals surface area contributed by atoms with E-state index in [1.165, 1.54) is 0 Å². The molecule has 0 aliphatic carbocycles. The molecule has 6 heteroatoms. The molecule has 0 bridgehead atoms. The van der Waals surface area contributed by atoms with Crippen molar-refractivity contribution < 1.29 is 9.00 Å². The van der Waals surface area contributed by atoms with Crippen molar-refractivity contribution in [3.05, 3.63) is 77.5 Å². The van der Waals surface area contributed by atoms with Gasteiger partial charge in [0.15, 0.2) is 0 Å². The molecule has 1 unspecified atom stereocenters. The zero-order valence-corrected chi connectivity index (χ0v) is 19.6. The number of nitrogens with zero attached hydrogens (tertiary/aromatic N) is 3. The van der Waals surface area contributed by atoms with Gasteiger partial charge in [-0.25, -0.2) is 4.21 Å². The summed E-state index contributed by atoms with van der Waals surface area (Å²) in [4.78, 5) is 19.0. The van der Waals surface area contributed by atoms with Gasteiger partial charge in [-0.1, -0.05) is 36.4 Å². The van der Waals surface area contributed by atoms with E-state index in [-0.39, 0.29) is 5.91 Å². The molecule has 1 atom stereocenters. The first-order valence-electron chi connectivity index (χ1n) is 10.5. The van der Waals surface area contributed by atoms with Gasteiger partial charge in [-0.15, -0.1) is 0 Å². The average Bonchev–Trinajstić information content (AvgIpc) is 2.77. The molecule has 1 aromatic heterocycles. The average molecular weight is 436 g/mol. The van der Waals surface area contributed by atoms with Crippen molar-refractivity contribution in [3.8, 4) is 0 Å². The number of carbonyl (C=O) groups excluding carboxylic acids is 1. The van der Waals surface area contributed by atoms with Gasteiger partial charge in [0, 0.05) is 41.4 Å². The second-order valence-corrected chi connectivity index (χ2v) is 10.1. The van der Waals surface area contributed by atoms with Gasteiger partial charge in [-0.3, -0.25) is 9.78 Å². The van der Waals surface area contributed by atoms with Gasteiger partial charge in [0.05, 0.1) is 16.0 Å². The SMILES string of the molecule is CCN(CC)C(=O)c1ccc(C(=NS(=O)C(C)(C)C)c2cccc3cccnc23)cc1. The summed E-state index contributed by atoms with van der Waals surface area (Å²) in [5.41, 5.74) is 3.66. The molecule has 1 heterocycles. The van der Waals surface area contributed by atoms with Crippen LogP contribution in [0, 0.1) is 0 Å². The van der Waals surface area contributed by atoms with Gasteiger partial charge in [-0.05, 0) is 52.8 Å². The van der Waals surface area contributed by atoms with Gasteiger partial charge in [0.1, 0.15) is 11.0 Å². The molecule has 3 aromatic rings. The van der Waals surface area contributed by atoms with Crippen molar-refractivity contribution in [2.24, 2.45) is 4.40 Å². The van der Waals surface area contributed by atoms with Crippen LogP contribution in [0.2, 0.25) is 0 Å². The van der Waals surface area contributed by atoms with Crippen molar-refractivity contribution >= 4 is 33.5 Å². The number of benzene rings is 2. The molecule has 0 saturated carbocycles. The molecule has 31 heavy (non-hydrogen) atoms. The lowest BCUT2D eigenvalue weighted by atomic mass is 9.98. The molecule has 0 radical (unpaired) electrons.